The van der Waals surface area contributed by atoms with Crippen LogP contribution in [0.5, 0.6) is 0 Å². The molecule has 0 saturated heterocycles. The summed E-state index contributed by atoms with van der Waals surface area (Å²) in [5.41, 5.74) is 6.90. The van der Waals surface area contributed by atoms with E-state index in [9.17, 15) is 4.79 Å². The van der Waals surface area contributed by atoms with E-state index in [0.29, 0.717) is 26.1 Å². The maximum Gasteiger partial charge on any atom is 0.224 e. The van der Waals surface area contributed by atoms with Crippen molar-refractivity contribution in [1.29, 1.82) is 0 Å². The molecule has 2 rings (SSSR count). The lowest BCUT2D eigenvalue weighted by atomic mass is 9.94. The van der Waals surface area contributed by atoms with Gasteiger partial charge >= 0.3 is 0 Å². The van der Waals surface area contributed by atoms with E-state index in [1.54, 1.807) is 18.2 Å². The minimum Gasteiger partial charge on any atom is -0.383 e. The topological polar surface area (TPSA) is 68.5 Å². The third-order valence-corrected chi connectivity index (χ3v) is 4.10. The standard InChI is InChI=1S/C16H25N3O2/c1-21-11-10-19(13-14-6-2-5-9-18-14)15(20)12-16(17)7-3-4-8-16/h2,5-6,9H,3-4,7-8,10-13,17H2,1H3. The molecule has 21 heavy (non-hydrogen) atoms. The molecule has 2 N–H and O–H groups in total. The van der Waals surface area contributed by atoms with E-state index in [4.69, 9.17) is 10.5 Å². The monoisotopic (exact) mass is 291 g/mol. The van der Waals surface area contributed by atoms with Gasteiger partial charge in [-0.1, -0.05) is 18.9 Å². The number of carbonyl (C=O) groups excluding carboxylic acids is 1. The minimum atomic E-state index is -0.313. The zero-order chi connectivity index (χ0) is 15.1. The Kier molecular flexibility index (Phi) is 5.70. The maximum absolute atomic E-state index is 12.6. The maximum atomic E-state index is 12.6. The quantitative estimate of drug-likeness (QED) is 0.830. The van der Waals surface area contributed by atoms with Crippen molar-refractivity contribution in [2.45, 2.75) is 44.2 Å². The molecule has 0 unspecified atom stereocenters. The molecule has 5 heteroatoms. The number of amides is 1. The Morgan fingerprint density at radius 3 is 2.81 bits per heavy atom. The van der Waals surface area contributed by atoms with Crippen LogP contribution in [-0.2, 0) is 16.1 Å². The summed E-state index contributed by atoms with van der Waals surface area (Å²) < 4.78 is 5.11. The number of aromatic nitrogens is 1. The number of rotatable bonds is 7. The summed E-state index contributed by atoms with van der Waals surface area (Å²) in [6, 6.07) is 5.74. The van der Waals surface area contributed by atoms with Gasteiger partial charge in [-0.25, -0.2) is 0 Å². The Morgan fingerprint density at radius 1 is 1.43 bits per heavy atom. The van der Waals surface area contributed by atoms with E-state index in [1.165, 1.54) is 0 Å². The van der Waals surface area contributed by atoms with Gasteiger partial charge in [-0.15, -0.1) is 0 Å². The van der Waals surface area contributed by atoms with Crippen LogP contribution >= 0.6 is 0 Å². The normalized spacial score (nSPS) is 16.9. The second-order valence-electron chi connectivity index (χ2n) is 5.88. The van der Waals surface area contributed by atoms with Crippen molar-refractivity contribution in [3.63, 3.8) is 0 Å². The molecular formula is C16H25N3O2. The molecule has 0 aliphatic heterocycles. The number of hydrogen-bond donors (Lipinski definition) is 1. The number of nitrogens with two attached hydrogens (primary N) is 1. The lowest BCUT2D eigenvalue weighted by Crippen LogP contribution is -2.44. The molecule has 0 atom stereocenters. The van der Waals surface area contributed by atoms with Crippen molar-refractivity contribution in [3.05, 3.63) is 30.1 Å². The fourth-order valence-electron chi connectivity index (χ4n) is 2.85. The zero-order valence-electron chi connectivity index (χ0n) is 12.8. The van der Waals surface area contributed by atoms with Gasteiger partial charge in [0.1, 0.15) is 0 Å². The summed E-state index contributed by atoms with van der Waals surface area (Å²) in [5, 5.41) is 0. The van der Waals surface area contributed by atoms with Gasteiger partial charge in [0.2, 0.25) is 5.91 Å². The molecule has 1 heterocycles. The highest BCUT2D eigenvalue weighted by Gasteiger charge is 2.33. The molecule has 116 valence electrons. The number of hydrogen-bond acceptors (Lipinski definition) is 4. The summed E-state index contributed by atoms with van der Waals surface area (Å²) in [6.07, 6.45) is 6.31. The van der Waals surface area contributed by atoms with Crippen molar-refractivity contribution >= 4 is 5.91 Å². The second kappa shape index (κ2) is 7.52. The summed E-state index contributed by atoms with van der Waals surface area (Å²) in [4.78, 5) is 18.7. The van der Waals surface area contributed by atoms with Crippen molar-refractivity contribution in [3.8, 4) is 0 Å². The van der Waals surface area contributed by atoms with Crippen LogP contribution in [0.3, 0.4) is 0 Å². The van der Waals surface area contributed by atoms with Crippen molar-refractivity contribution < 1.29 is 9.53 Å². The first-order valence-electron chi connectivity index (χ1n) is 7.58. The van der Waals surface area contributed by atoms with E-state index >= 15 is 0 Å². The molecular weight excluding hydrogens is 266 g/mol. The van der Waals surface area contributed by atoms with Crippen LogP contribution in [0, 0.1) is 0 Å². The molecule has 1 fully saturated rings. The average molecular weight is 291 g/mol. The molecule has 1 aliphatic rings. The summed E-state index contributed by atoms with van der Waals surface area (Å²) in [7, 11) is 1.64. The molecule has 1 saturated carbocycles. The first-order valence-corrected chi connectivity index (χ1v) is 7.58. The highest BCUT2D eigenvalue weighted by Crippen LogP contribution is 2.30. The average Bonchev–Trinajstić information content (AvgIpc) is 2.90. The summed E-state index contributed by atoms with van der Waals surface area (Å²) >= 11 is 0. The van der Waals surface area contributed by atoms with Crippen molar-refractivity contribution in [2.75, 3.05) is 20.3 Å². The van der Waals surface area contributed by atoms with Gasteiger partial charge in [0.05, 0.1) is 18.8 Å². The molecule has 5 nitrogen and oxygen atoms in total. The van der Waals surface area contributed by atoms with Gasteiger partial charge in [-0.2, -0.15) is 0 Å². The number of pyridine rings is 1. The zero-order valence-corrected chi connectivity index (χ0v) is 12.8. The van der Waals surface area contributed by atoms with Crippen molar-refractivity contribution in [1.82, 2.24) is 9.88 Å². The molecule has 0 spiro atoms. The number of ether oxygens (including phenoxy) is 1. The minimum absolute atomic E-state index is 0.0992. The molecule has 0 bridgehead atoms. The highest BCUT2D eigenvalue weighted by atomic mass is 16.5. The molecule has 0 radical (unpaired) electrons. The van der Waals surface area contributed by atoms with Crippen LogP contribution in [0.1, 0.15) is 37.8 Å². The Hall–Kier alpha value is -1.46. The molecule has 1 amide bonds. The Bertz CT molecular complexity index is 444. The van der Waals surface area contributed by atoms with Crippen LogP contribution in [0.2, 0.25) is 0 Å². The van der Waals surface area contributed by atoms with Gasteiger partial charge in [-0.05, 0) is 25.0 Å². The number of nitrogens with zero attached hydrogens (tertiary/aromatic N) is 2. The first-order chi connectivity index (χ1) is 10.1. The molecule has 1 aromatic heterocycles. The fraction of sp³-hybridized carbons (Fsp3) is 0.625. The molecule has 1 aliphatic carbocycles. The van der Waals surface area contributed by atoms with Gasteiger partial charge in [0, 0.05) is 31.8 Å². The Labute approximate surface area is 126 Å². The van der Waals surface area contributed by atoms with Crippen LogP contribution in [0.15, 0.2) is 24.4 Å². The van der Waals surface area contributed by atoms with Crippen LogP contribution in [0.25, 0.3) is 0 Å². The Balaban J connectivity index is 1.99. The van der Waals surface area contributed by atoms with Crippen molar-refractivity contribution in [2.24, 2.45) is 5.73 Å². The van der Waals surface area contributed by atoms with Crippen LogP contribution in [-0.4, -0.2) is 41.6 Å². The number of methoxy groups -OCH3 is 1. The third-order valence-electron chi connectivity index (χ3n) is 4.10. The van der Waals surface area contributed by atoms with Gasteiger partial charge in [-0.3, -0.25) is 9.78 Å². The van der Waals surface area contributed by atoms with E-state index in [2.05, 4.69) is 4.98 Å². The van der Waals surface area contributed by atoms with Crippen LogP contribution in [0.4, 0.5) is 0 Å². The SMILES string of the molecule is COCCN(Cc1ccccn1)C(=O)CC1(N)CCCC1. The fourth-order valence-corrected chi connectivity index (χ4v) is 2.85. The van der Waals surface area contributed by atoms with E-state index in [0.717, 1.165) is 31.4 Å². The van der Waals surface area contributed by atoms with E-state index < -0.39 is 0 Å². The van der Waals surface area contributed by atoms with Gasteiger partial charge < -0.3 is 15.4 Å². The Morgan fingerprint density at radius 2 is 2.19 bits per heavy atom. The van der Waals surface area contributed by atoms with E-state index in [1.807, 2.05) is 18.2 Å². The third kappa shape index (κ3) is 4.79. The first kappa shape index (κ1) is 15.9. The largest absolute Gasteiger partial charge is 0.383 e. The predicted molar refractivity (Wildman–Crippen MR) is 81.5 cm³/mol. The lowest BCUT2D eigenvalue weighted by Gasteiger charge is -2.28. The smallest absolute Gasteiger partial charge is 0.224 e. The molecule has 1 aromatic rings. The summed E-state index contributed by atoms with van der Waals surface area (Å²) in [5.74, 6) is 0.0992. The number of carbonyl (C=O) groups is 1. The van der Waals surface area contributed by atoms with Crippen LogP contribution < -0.4 is 5.73 Å². The van der Waals surface area contributed by atoms with Gasteiger partial charge in [0.25, 0.3) is 0 Å². The second-order valence-corrected chi connectivity index (χ2v) is 5.88. The highest BCUT2D eigenvalue weighted by molar-refractivity contribution is 5.77. The molecule has 0 aromatic carbocycles. The predicted octanol–water partition coefficient (Wildman–Crippen LogP) is 1.72. The van der Waals surface area contributed by atoms with E-state index in [-0.39, 0.29) is 11.4 Å². The lowest BCUT2D eigenvalue weighted by molar-refractivity contribution is -0.133. The summed E-state index contributed by atoms with van der Waals surface area (Å²) in [6.45, 7) is 1.61. The van der Waals surface area contributed by atoms with Gasteiger partial charge in [0.15, 0.2) is 0 Å².